The fourth-order valence-electron chi connectivity index (χ4n) is 0.327. The van der Waals surface area contributed by atoms with Gasteiger partial charge in [-0.3, -0.25) is 0 Å². The van der Waals surface area contributed by atoms with E-state index in [1.54, 1.807) is 6.92 Å². The van der Waals surface area contributed by atoms with Crippen molar-refractivity contribution in [2.24, 2.45) is 0 Å². The molecule has 0 aromatic carbocycles. The summed E-state index contributed by atoms with van der Waals surface area (Å²) >= 11 is 0. The smallest absolute Gasteiger partial charge is 0.277 e. The molecule has 0 aliphatic rings. The number of methoxy groups -OCH3 is 1. The number of ether oxygens (including phenoxy) is 2. The van der Waals surface area contributed by atoms with Crippen molar-refractivity contribution >= 4 is 0 Å². The van der Waals surface area contributed by atoms with E-state index in [0.29, 0.717) is 6.61 Å². The fourth-order valence-corrected chi connectivity index (χ4v) is 0.327. The first-order valence-corrected chi connectivity index (χ1v) is 2.54. The molecule has 0 aromatic rings. The van der Waals surface area contributed by atoms with Gasteiger partial charge in [-0.2, -0.15) is 0 Å². The maximum Gasteiger partial charge on any atom is 0.277 e. The van der Waals surface area contributed by atoms with Crippen molar-refractivity contribution in [3.63, 3.8) is 0 Å². The van der Waals surface area contributed by atoms with Crippen LogP contribution in [0, 0.1) is 0 Å². The van der Waals surface area contributed by atoms with Gasteiger partial charge in [0.2, 0.25) is 0 Å². The molecule has 0 aliphatic heterocycles. The Kier molecular flexibility index (Phi) is 2.97. The molecule has 0 saturated carbocycles. The summed E-state index contributed by atoms with van der Waals surface area (Å²) in [4.78, 5) is 0. The van der Waals surface area contributed by atoms with E-state index in [1.165, 1.54) is 14.0 Å². The van der Waals surface area contributed by atoms with Crippen molar-refractivity contribution in [2.45, 2.75) is 19.8 Å². The average molecular weight is 120 g/mol. The van der Waals surface area contributed by atoms with E-state index in [4.69, 9.17) is 9.84 Å². The quantitative estimate of drug-likeness (QED) is 0.546. The lowest BCUT2D eigenvalue weighted by Crippen LogP contribution is -2.30. The van der Waals surface area contributed by atoms with Gasteiger partial charge in [-0.1, -0.05) is 0 Å². The van der Waals surface area contributed by atoms with Crippen molar-refractivity contribution < 1.29 is 14.6 Å². The minimum atomic E-state index is -1.41. The van der Waals surface area contributed by atoms with Crippen LogP contribution in [0.25, 0.3) is 0 Å². The third kappa shape index (κ3) is 2.96. The molecular formula is C5H12O3. The largest absolute Gasteiger partial charge is 0.344 e. The maximum atomic E-state index is 8.88. The summed E-state index contributed by atoms with van der Waals surface area (Å²) in [6.07, 6.45) is 0. The molecule has 0 bridgehead atoms. The van der Waals surface area contributed by atoms with Gasteiger partial charge in [0, 0.05) is 20.6 Å². The predicted octanol–water partition coefficient (Wildman–Crippen LogP) is 0.335. The van der Waals surface area contributed by atoms with Gasteiger partial charge < -0.3 is 14.6 Å². The zero-order valence-corrected chi connectivity index (χ0v) is 5.47. The second-order valence-electron chi connectivity index (χ2n) is 1.53. The fraction of sp³-hybridized carbons (Fsp3) is 1.00. The van der Waals surface area contributed by atoms with Crippen LogP contribution in [0.1, 0.15) is 13.8 Å². The molecule has 3 heteroatoms. The minimum Gasteiger partial charge on any atom is -0.344 e. The van der Waals surface area contributed by atoms with E-state index in [2.05, 4.69) is 4.74 Å². The monoisotopic (exact) mass is 120 g/mol. The molecule has 0 spiro atoms. The molecule has 0 rings (SSSR count). The molecule has 8 heavy (non-hydrogen) atoms. The van der Waals surface area contributed by atoms with E-state index in [0.717, 1.165) is 0 Å². The lowest BCUT2D eigenvalue weighted by molar-refractivity contribution is -0.336. The molecule has 0 heterocycles. The van der Waals surface area contributed by atoms with E-state index >= 15 is 0 Å². The van der Waals surface area contributed by atoms with Crippen LogP contribution in [-0.2, 0) is 9.47 Å². The molecular weight excluding hydrogens is 108 g/mol. The molecule has 1 atom stereocenters. The van der Waals surface area contributed by atoms with Crippen LogP contribution in [0.3, 0.4) is 0 Å². The highest BCUT2D eigenvalue weighted by molar-refractivity contribution is 4.36. The van der Waals surface area contributed by atoms with Crippen molar-refractivity contribution in [3.05, 3.63) is 0 Å². The molecule has 0 fully saturated rings. The number of hydrogen-bond donors (Lipinski definition) is 1. The standard InChI is InChI=1S/C5H12O3/c1-4-8-5(2,6)7-3/h6H,4H2,1-3H3/t5-/m1/s1. The van der Waals surface area contributed by atoms with Crippen molar-refractivity contribution in [3.8, 4) is 0 Å². The molecule has 0 unspecified atom stereocenters. The van der Waals surface area contributed by atoms with Crippen LogP contribution in [-0.4, -0.2) is 24.8 Å². The third-order valence-electron chi connectivity index (χ3n) is 0.791. The van der Waals surface area contributed by atoms with Gasteiger partial charge in [0.1, 0.15) is 0 Å². The lowest BCUT2D eigenvalue weighted by atomic mass is 10.6. The molecule has 0 saturated heterocycles. The lowest BCUT2D eigenvalue weighted by Gasteiger charge is -2.19. The summed E-state index contributed by atoms with van der Waals surface area (Å²) in [6.45, 7) is 3.67. The first-order valence-electron chi connectivity index (χ1n) is 2.54. The SMILES string of the molecule is CCO[C@](C)(O)OC. The van der Waals surface area contributed by atoms with Crippen molar-refractivity contribution in [1.82, 2.24) is 0 Å². The van der Waals surface area contributed by atoms with E-state index in [-0.39, 0.29) is 0 Å². The molecule has 1 N–H and O–H groups in total. The van der Waals surface area contributed by atoms with Gasteiger partial charge in [-0.05, 0) is 6.92 Å². The highest BCUT2D eigenvalue weighted by Crippen LogP contribution is 2.03. The molecule has 0 aliphatic carbocycles. The Hall–Kier alpha value is -0.120. The zero-order valence-electron chi connectivity index (χ0n) is 5.47. The van der Waals surface area contributed by atoms with Crippen LogP contribution in [0.4, 0.5) is 0 Å². The normalized spacial score (nSPS) is 18.0. The maximum absolute atomic E-state index is 8.88. The highest BCUT2D eigenvalue weighted by Gasteiger charge is 2.17. The van der Waals surface area contributed by atoms with Crippen LogP contribution >= 0.6 is 0 Å². The third-order valence-corrected chi connectivity index (χ3v) is 0.791. The molecule has 0 aromatic heterocycles. The van der Waals surface area contributed by atoms with Crippen molar-refractivity contribution in [2.75, 3.05) is 13.7 Å². The Morgan fingerprint density at radius 2 is 2.12 bits per heavy atom. The van der Waals surface area contributed by atoms with E-state index < -0.39 is 5.97 Å². The van der Waals surface area contributed by atoms with Gasteiger partial charge in [0.25, 0.3) is 5.97 Å². The Morgan fingerprint density at radius 1 is 1.62 bits per heavy atom. The first kappa shape index (κ1) is 7.88. The van der Waals surface area contributed by atoms with Crippen molar-refractivity contribution in [1.29, 1.82) is 0 Å². The van der Waals surface area contributed by atoms with Crippen LogP contribution < -0.4 is 0 Å². The van der Waals surface area contributed by atoms with Crippen LogP contribution in [0.5, 0.6) is 0 Å². The Bertz CT molecular complexity index is 60.7. The topological polar surface area (TPSA) is 38.7 Å². The number of aliphatic hydroxyl groups is 1. The van der Waals surface area contributed by atoms with Gasteiger partial charge in [-0.15, -0.1) is 0 Å². The zero-order chi connectivity index (χ0) is 6.62. The Morgan fingerprint density at radius 3 is 2.25 bits per heavy atom. The Balaban J connectivity index is 3.37. The number of rotatable bonds is 3. The van der Waals surface area contributed by atoms with Gasteiger partial charge >= 0.3 is 0 Å². The van der Waals surface area contributed by atoms with E-state index in [9.17, 15) is 0 Å². The Labute approximate surface area is 49.2 Å². The molecule has 0 radical (unpaired) electrons. The van der Waals surface area contributed by atoms with Gasteiger partial charge in [0.05, 0.1) is 0 Å². The second kappa shape index (κ2) is 3.02. The first-order chi connectivity index (χ1) is 3.62. The van der Waals surface area contributed by atoms with Gasteiger partial charge in [0.15, 0.2) is 0 Å². The molecule has 50 valence electrons. The molecule has 3 nitrogen and oxygen atoms in total. The summed E-state index contributed by atoms with van der Waals surface area (Å²) < 4.78 is 9.22. The second-order valence-corrected chi connectivity index (χ2v) is 1.53. The summed E-state index contributed by atoms with van der Waals surface area (Å²) in [5, 5.41) is 8.88. The predicted molar refractivity (Wildman–Crippen MR) is 29.3 cm³/mol. The van der Waals surface area contributed by atoms with Crippen LogP contribution in [0.2, 0.25) is 0 Å². The summed E-state index contributed by atoms with van der Waals surface area (Å²) in [5.41, 5.74) is 0. The van der Waals surface area contributed by atoms with E-state index in [1.807, 2.05) is 0 Å². The summed E-state index contributed by atoms with van der Waals surface area (Å²) in [6, 6.07) is 0. The molecule has 0 amide bonds. The minimum absolute atomic E-state index is 0.445. The summed E-state index contributed by atoms with van der Waals surface area (Å²) in [5.74, 6) is -1.41. The highest BCUT2D eigenvalue weighted by atomic mass is 16.8. The van der Waals surface area contributed by atoms with Gasteiger partial charge in [-0.25, -0.2) is 0 Å². The van der Waals surface area contributed by atoms with Crippen LogP contribution in [0.15, 0.2) is 0 Å². The summed E-state index contributed by atoms with van der Waals surface area (Å²) in [7, 11) is 1.38. The number of hydrogen-bond acceptors (Lipinski definition) is 3. The average Bonchev–Trinajstić information content (AvgIpc) is 1.67.